The monoisotopic (exact) mass is 454 g/mol. The lowest BCUT2D eigenvalue weighted by molar-refractivity contribution is -0.173. The van der Waals surface area contributed by atoms with Crippen molar-refractivity contribution in [3.8, 4) is 0 Å². The van der Waals surface area contributed by atoms with Gasteiger partial charge in [0, 0.05) is 12.5 Å². The number of hydrogen-bond donors (Lipinski definition) is 2. The number of amides is 1. The number of benzene rings is 2. The summed E-state index contributed by atoms with van der Waals surface area (Å²) in [5, 5.41) is 8.78. The third-order valence-electron chi connectivity index (χ3n) is 5.11. The van der Waals surface area contributed by atoms with Crippen molar-refractivity contribution in [1.82, 2.24) is 9.78 Å². The molecule has 11 heteroatoms. The van der Waals surface area contributed by atoms with Crippen LogP contribution in [0.15, 0.2) is 60.7 Å². The average molecular weight is 454 g/mol. The van der Waals surface area contributed by atoms with Crippen molar-refractivity contribution in [2.75, 3.05) is 10.6 Å². The molecule has 0 saturated carbocycles. The van der Waals surface area contributed by atoms with Gasteiger partial charge in [-0.1, -0.05) is 42.5 Å². The van der Waals surface area contributed by atoms with Crippen LogP contribution >= 0.6 is 0 Å². The highest BCUT2D eigenvalue weighted by atomic mass is 19.4. The molecule has 1 aliphatic heterocycles. The molecule has 0 unspecified atom stereocenters. The van der Waals surface area contributed by atoms with Crippen LogP contribution in [0.5, 0.6) is 0 Å². The van der Waals surface area contributed by atoms with Gasteiger partial charge in [-0.15, -0.1) is 0 Å². The van der Waals surface area contributed by atoms with Gasteiger partial charge in [0.2, 0.25) is 0 Å². The Morgan fingerprint density at radius 1 is 1.00 bits per heavy atom. The van der Waals surface area contributed by atoms with E-state index in [4.69, 9.17) is 0 Å². The van der Waals surface area contributed by atoms with Gasteiger partial charge in [-0.25, -0.2) is 4.68 Å². The minimum atomic E-state index is -4.72. The lowest BCUT2D eigenvalue weighted by Gasteiger charge is -2.33. The minimum Gasteiger partial charge on any atom is -0.363 e. The van der Waals surface area contributed by atoms with Gasteiger partial charge in [0.1, 0.15) is 5.82 Å². The van der Waals surface area contributed by atoms with Crippen molar-refractivity contribution in [2.24, 2.45) is 0 Å². The van der Waals surface area contributed by atoms with E-state index in [1.807, 2.05) is 0 Å². The van der Waals surface area contributed by atoms with Crippen LogP contribution in [0.1, 0.15) is 40.1 Å². The number of carbonyl (C=O) groups is 1. The number of fused-ring (bicyclic) bond motifs is 1. The van der Waals surface area contributed by atoms with Crippen LogP contribution in [0, 0.1) is 0 Å². The highest BCUT2D eigenvalue weighted by Gasteiger charge is 2.47. The molecule has 1 amide bonds. The number of nitrogens with zero attached hydrogens (tertiary/aromatic N) is 2. The molecule has 2 aromatic carbocycles. The quantitative estimate of drug-likeness (QED) is 0.491. The Balaban J connectivity index is 1.65. The first-order valence-corrected chi connectivity index (χ1v) is 9.49. The molecule has 0 radical (unpaired) electrons. The Labute approximate surface area is 178 Å². The van der Waals surface area contributed by atoms with E-state index in [1.54, 1.807) is 30.3 Å². The predicted molar refractivity (Wildman–Crippen MR) is 104 cm³/mol. The third-order valence-corrected chi connectivity index (χ3v) is 5.11. The Kier molecular flexibility index (Phi) is 5.35. The number of rotatable bonds is 3. The molecular weight excluding hydrogens is 438 g/mol. The molecule has 1 aromatic heterocycles. The maximum atomic E-state index is 13.7. The van der Waals surface area contributed by atoms with Gasteiger partial charge in [-0.2, -0.15) is 31.4 Å². The van der Waals surface area contributed by atoms with Crippen molar-refractivity contribution in [2.45, 2.75) is 30.9 Å². The maximum absolute atomic E-state index is 13.7. The Morgan fingerprint density at radius 3 is 2.31 bits per heavy atom. The minimum absolute atomic E-state index is 0.0540. The summed E-state index contributed by atoms with van der Waals surface area (Å²) in [6, 6.07) is 11.2. The van der Waals surface area contributed by atoms with E-state index >= 15 is 0 Å². The second-order valence-electron chi connectivity index (χ2n) is 7.26. The lowest BCUT2D eigenvalue weighted by Crippen LogP contribution is -2.35. The highest BCUT2D eigenvalue weighted by molar-refractivity contribution is 6.03. The van der Waals surface area contributed by atoms with Gasteiger partial charge in [-0.05, 0) is 17.7 Å². The summed E-state index contributed by atoms with van der Waals surface area (Å²) in [4.78, 5) is 12.6. The fourth-order valence-electron chi connectivity index (χ4n) is 3.61. The molecule has 0 bridgehead atoms. The second-order valence-corrected chi connectivity index (χ2v) is 7.26. The number of aromatic nitrogens is 2. The number of carbonyl (C=O) groups excluding carboxylic acids is 1. The maximum Gasteiger partial charge on any atom is 0.418 e. The highest BCUT2D eigenvalue weighted by Crippen LogP contribution is 2.43. The van der Waals surface area contributed by atoms with Crippen molar-refractivity contribution in [1.29, 1.82) is 0 Å². The molecule has 3 aromatic rings. The Hall–Kier alpha value is -3.50. The summed E-state index contributed by atoms with van der Waals surface area (Å²) in [6.07, 6.45) is -9.73. The van der Waals surface area contributed by atoms with Gasteiger partial charge in [0.15, 0.2) is 11.7 Å². The zero-order valence-electron chi connectivity index (χ0n) is 16.2. The normalized spacial score (nSPS) is 18.6. The fourth-order valence-corrected chi connectivity index (χ4v) is 3.61. The first kappa shape index (κ1) is 21.7. The molecule has 1 aliphatic rings. The van der Waals surface area contributed by atoms with E-state index in [9.17, 15) is 31.1 Å². The number of hydrogen-bond acceptors (Lipinski definition) is 3. The van der Waals surface area contributed by atoms with E-state index in [0.717, 1.165) is 24.3 Å². The standard InChI is InChI=1S/C21H16F6N4O/c22-20(23,24)13-8-4-5-9-14(13)29-19(32)16-11-18-28-15(12-6-2-1-3-7-12)10-17(21(25,26)27)31(18)30-16/h1-9,11,15,17,28H,10H2,(H,29,32)/t15-,17-/m1/s1. The van der Waals surface area contributed by atoms with Crippen molar-refractivity contribution >= 4 is 17.4 Å². The molecule has 2 heterocycles. The SMILES string of the molecule is O=C(Nc1ccccc1C(F)(F)F)c1cc2n(n1)[C@@H](C(F)(F)F)C[C@H](c1ccccc1)N2. The summed E-state index contributed by atoms with van der Waals surface area (Å²) < 4.78 is 81.4. The smallest absolute Gasteiger partial charge is 0.363 e. The van der Waals surface area contributed by atoms with Gasteiger partial charge < -0.3 is 10.6 Å². The van der Waals surface area contributed by atoms with Crippen molar-refractivity contribution in [3.63, 3.8) is 0 Å². The Bertz CT molecular complexity index is 1120. The molecule has 0 saturated heterocycles. The van der Waals surface area contributed by atoms with E-state index in [2.05, 4.69) is 15.7 Å². The molecule has 4 rings (SSSR count). The number of anilines is 2. The van der Waals surface area contributed by atoms with Gasteiger partial charge in [0.05, 0.1) is 17.3 Å². The molecule has 168 valence electrons. The van der Waals surface area contributed by atoms with Gasteiger partial charge >= 0.3 is 12.4 Å². The van der Waals surface area contributed by atoms with Crippen LogP contribution in [0.3, 0.4) is 0 Å². The van der Waals surface area contributed by atoms with E-state index in [-0.39, 0.29) is 12.2 Å². The molecule has 2 atom stereocenters. The molecule has 32 heavy (non-hydrogen) atoms. The van der Waals surface area contributed by atoms with Crippen LogP contribution in [0.4, 0.5) is 37.8 Å². The molecule has 2 N–H and O–H groups in total. The van der Waals surface area contributed by atoms with Crippen LogP contribution in [0.25, 0.3) is 0 Å². The van der Waals surface area contributed by atoms with Crippen LogP contribution in [0.2, 0.25) is 0 Å². The largest absolute Gasteiger partial charge is 0.418 e. The van der Waals surface area contributed by atoms with Gasteiger partial charge in [0.25, 0.3) is 5.91 Å². The third kappa shape index (κ3) is 4.27. The predicted octanol–water partition coefficient (Wildman–Crippen LogP) is 5.81. The van der Waals surface area contributed by atoms with E-state index < -0.39 is 47.3 Å². The number of para-hydroxylation sites is 1. The van der Waals surface area contributed by atoms with Gasteiger partial charge in [-0.3, -0.25) is 4.79 Å². The summed E-state index contributed by atoms with van der Waals surface area (Å²) in [7, 11) is 0. The Morgan fingerprint density at radius 2 is 1.66 bits per heavy atom. The summed E-state index contributed by atoms with van der Waals surface area (Å²) in [6.45, 7) is 0. The number of halogens is 6. The second kappa shape index (κ2) is 7.88. The molecule has 5 nitrogen and oxygen atoms in total. The molecule has 0 aliphatic carbocycles. The van der Waals surface area contributed by atoms with E-state index in [1.165, 1.54) is 6.07 Å². The summed E-state index contributed by atoms with van der Waals surface area (Å²) >= 11 is 0. The van der Waals surface area contributed by atoms with Crippen LogP contribution in [-0.4, -0.2) is 21.9 Å². The summed E-state index contributed by atoms with van der Waals surface area (Å²) in [5.74, 6) is -1.11. The van der Waals surface area contributed by atoms with E-state index in [0.29, 0.717) is 10.2 Å². The zero-order valence-corrected chi connectivity index (χ0v) is 16.2. The molecule has 0 spiro atoms. The first-order valence-electron chi connectivity index (χ1n) is 9.49. The lowest BCUT2D eigenvalue weighted by atomic mass is 9.97. The van der Waals surface area contributed by atoms with Crippen molar-refractivity contribution in [3.05, 3.63) is 77.5 Å². The van der Waals surface area contributed by atoms with Crippen LogP contribution in [-0.2, 0) is 6.18 Å². The average Bonchev–Trinajstić information content (AvgIpc) is 3.17. The fraction of sp³-hybridized carbons (Fsp3) is 0.238. The van der Waals surface area contributed by atoms with Crippen LogP contribution < -0.4 is 10.6 Å². The number of nitrogens with one attached hydrogen (secondary N) is 2. The number of alkyl halides is 6. The molecular formula is C21H16F6N4O. The first-order chi connectivity index (χ1) is 15.0. The topological polar surface area (TPSA) is 59.0 Å². The van der Waals surface area contributed by atoms with Crippen molar-refractivity contribution < 1.29 is 31.1 Å². The molecule has 0 fully saturated rings. The summed E-state index contributed by atoms with van der Waals surface area (Å²) in [5.41, 5.74) is -1.40. The zero-order chi connectivity index (χ0) is 23.1.